The van der Waals surface area contributed by atoms with E-state index in [2.05, 4.69) is 32.0 Å². The summed E-state index contributed by atoms with van der Waals surface area (Å²) in [6, 6.07) is 17.4. The van der Waals surface area contributed by atoms with Gasteiger partial charge in [0.1, 0.15) is 11.6 Å². The third kappa shape index (κ3) is 7.14. The Bertz CT molecular complexity index is 1080. The van der Waals surface area contributed by atoms with E-state index in [-0.39, 0.29) is 11.7 Å². The van der Waals surface area contributed by atoms with Gasteiger partial charge in [-0.25, -0.2) is 4.39 Å². The van der Waals surface area contributed by atoms with Crippen LogP contribution in [0.25, 0.3) is 0 Å². The van der Waals surface area contributed by atoms with Gasteiger partial charge in [-0.3, -0.25) is 0 Å². The first-order valence-electron chi connectivity index (χ1n) is 12.5. The molecule has 3 rings (SSSR count). The van der Waals surface area contributed by atoms with Gasteiger partial charge in [-0.1, -0.05) is 51.0 Å². The Morgan fingerprint density at radius 1 is 0.857 bits per heavy atom. The molecule has 0 aliphatic rings. The number of nitrogens with two attached hydrogens (primary N) is 1. The smallest absolute Gasteiger partial charge is 0.163 e. The van der Waals surface area contributed by atoms with Crippen molar-refractivity contribution in [2.45, 2.75) is 58.3 Å². The zero-order valence-corrected chi connectivity index (χ0v) is 21.4. The molecule has 3 aromatic carbocycles. The van der Waals surface area contributed by atoms with Crippen molar-refractivity contribution in [2.75, 3.05) is 26.6 Å². The van der Waals surface area contributed by atoms with E-state index in [1.54, 1.807) is 26.4 Å². The molecule has 0 bridgehead atoms. The summed E-state index contributed by atoms with van der Waals surface area (Å²) < 4.78 is 31.8. The molecule has 0 spiro atoms. The maximum absolute atomic E-state index is 15.3. The number of anilines is 1. The molecule has 0 amide bonds. The number of nitrogen functional groups attached to an aromatic ring is 1. The normalized spacial score (nSPS) is 11.8. The molecule has 0 saturated heterocycles. The lowest BCUT2D eigenvalue weighted by molar-refractivity contribution is 0.288. The Morgan fingerprint density at radius 3 is 2.26 bits per heavy atom. The predicted molar refractivity (Wildman–Crippen MR) is 141 cm³/mol. The van der Waals surface area contributed by atoms with Crippen LogP contribution in [0.2, 0.25) is 0 Å². The van der Waals surface area contributed by atoms with Gasteiger partial charge >= 0.3 is 0 Å². The van der Waals surface area contributed by atoms with Crippen molar-refractivity contribution in [3.8, 4) is 17.2 Å². The van der Waals surface area contributed by atoms with E-state index >= 15 is 4.39 Å². The third-order valence-electron chi connectivity index (χ3n) is 6.39. The number of hydrogen-bond donors (Lipinski definition) is 1. The molecule has 0 fully saturated rings. The summed E-state index contributed by atoms with van der Waals surface area (Å²) in [6.07, 6.45) is 5.28. The second kappa shape index (κ2) is 13.0. The van der Waals surface area contributed by atoms with Gasteiger partial charge in [0, 0.05) is 18.2 Å². The summed E-state index contributed by atoms with van der Waals surface area (Å²) in [5.41, 5.74) is 10.5. The monoisotopic (exact) mass is 479 g/mol. The first-order chi connectivity index (χ1) is 17.0. The number of halogens is 1. The molecule has 0 aliphatic carbocycles. The molecule has 188 valence electrons. The minimum Gasteiger partial charge on any atom is -0.497 e. The maximum atomic E-state index is 15.3. The highest BCUT2D eigenvalue weighted by atomic mass is 19.1. The molecule has 5 heteroatoms. The van der Waals surface area contributed by atoms with E-state index in [9.17, 15) is 0 Å². The van der Waals surface area contributed by atoms with E-state index in [0.29, 0.717) is 35.8 Å². The summed E-state index contributed by atoms with van der Waals surface area (Å²) in [4.78, 5) is 0. The van der Waals surface area contributed by atoms with Crippen molar-refractivity contribution in [2.24, 2.45) is 0 Å². The average molecular weight is 480 g/mol. The van der Waals surface area contributed by atoms with Crippen molar-refractivity contribution in [1.29, 1.82) is 0 Å². The zero-order chi connectivity index (χ0) is 25.2. The third-order valence-corrected chi connectivity index (χ3v) is 6.39. The quantitative estimate of drug-likeness (QED) is 0.206. The van der Waals surface area contributed by atoms with Crippen LogP contribution in [0.5, 0.6) is 17.2 Å². The second-order valence-corrected chi connectivity index (χ2v) is 8.97. The summed E-state index contributed by atoms with van der Waals surface area (Å²) >= 11 is 0. The van der Waals surface area contributed by atoms with Crippen LogP contribution in [0.1, 0.15) is 67.7 Å². The Hall–Kier alpha value is -3.21. The van der Waals surface area contributed by atoms with Crippen molar-refractivity contribution in [1.82, 2.24) is 0 Å². The number of methoxy groups -OCH3 is 2. The van der Waals surface area contributed by atoms with Crippen LogP contribution < -0.4 is 19.9 Å². The minimum atomic E-state index is -0.208. The molecule has 35 heavy (non-hydrogen) atoms. The largest absolute Gasteiger partial charge is 0.497 e. The van der Waals surface area contributed by atoms with E-state index in [1.807, 2.05) is 24.3 Å². The molecule has 0 radical (unpaired) electrons. The number of hydrogen-bond acceptors (Lipinski definition) is 4. The fraction of sp³-hybridized carbons (Fsp3) is 0.400. The first-order valence-corrected chi connectivity index (χ1v) is 12.5. The van der Waals surface area contributed by atoms with Crippen LogP contribution in [0.3, 0.4) is 0 Å². The molecule has 3 aromatic rings. The molecule has 4 nitrogen and oxygen atoms in total. The maximum Gasteiger partial charge on any atom is 0.163 e. The van der Waals surface area contributed by atoms with E-state index in [4.69, 9.17) is 19.9 Å². The lowest BCUT2D eigenvalue weighted by atomic mass is 9.87. The SMILES string of the molecule is CCCCOc1cc(N)c(Cc2ccc(C(CCC)Cc3ccc(OC)cc3)cc2F)cc1OC. The van der Waals surface area contributed by atoms with Crippen LogP contribution >= 0.6 is 0 Å². The average Bonchev–Trinajstić information content (AvgIpc) is 2.87. The molecule has 2 N–H and O–H groups in total. The fourth-order valence-corrected chi connectivity index (χ4v) is 4.32. The number of unbranched alkanes of at least 4 members (excludes halogenated alkanes) is 1. The van der Waals surface area contributed by atoms with Gasteiger partial charge in [0.15, 0.2) is 11.5 Å². The van der Waals surface area contributed by atoms with E-state index in [0.717, 1.165) is 49.0 Å². The van der Waals surface area contributed by atoms with Crippen LogP contribution in [0.15, 0.2) is 54.6 Å². The Balaban J connectivity index is 1.78. The van der Waals surface area contributed by atoms with Crippen molar-refractivity contribution in [3.63, 3.8) is 0 Å². The van der Waals surface area contributed by atoms with Gasteiger partial charge < -0.3 is 19.9 Å². The summed E-state index contributed by atoms with van der Waals surface area (Å²) in [7, 11) is 3.27. The predicted octanol–water partition coefficient (Wildman–Crippen LogP) is 7.32. The Kier molecular flexibility index (Phi) is 9.83. The van der Waals surface area contributed by atoms with Crippen LogP contribution in [0, 0.1) is 5.82 Å². The summed E-state index contributed by atoms with van der Waals surface area (Å²) in [5.74, 6) is 2.12. The van der Waals surface area contributed by atoms with Crippen LogP contribution in [-0.4, -0.2) is 20.8 Å². The van der Waals surface area contributed by atoms with Gasteiger partial charge in [0.05, 0.1) is 20.8 Å². The highest BCUT2D eigenvalue weighted by Gasteiger charge is 2.16. The highest BCUT2D eigenvalue weighted by molar-refractivity contribution is 5.59. The molecule has 1 unspecified atom stereocenters. The number of rotatable bonds is 13. The van der Waals surface area contributed by atoms with Crippen molar-refractivity contribution in [3.05, 3.63) is 82.7 Å². The minimum absolute atomic E-state index is 0.208. The van der Waals surface area contributed by atoms with E-state index < -0.39 is 0 Å². The molecule has 0 aliphatic heterocycles. The molecular weight excluding hydrogens is 441 g/mol. The summed E-state index contributed by atoms with van der Waals surface area (Å²) in [6.45, 7) is 4.89. The number of ether oxygens (including phenoxy) is 3. The standard InChI is InChI=1S/C30H38FNO3/c1-5-7-15-35-30-20-28(32)25(19-29(30)34-4)17-24-12-11-23(18-27(24)31)22(8-6-2)16-21-9-13-26(33-3)14-10-21/h9-14,18-20,22H,5-8,15-17,32H2,1-4H3. The van der Waals surface area contributed by atoms with Crippen LogP contribution in [-0.2, 0) is 12.8 Å². The Labute approximate surface area is 209 Å². The summed E-state index contributed by atoms with van der Waals surface area (Å²) in [5, 5.41) is 0. The van der Waals surface area contributed by atoms with Crippen molar-refractivity contribution >= 4 is 5.69 Å². The first kappa shape index (κ1) is 26.4. The van der Waals surface area contributed by atoms with Crippen LogP contribution in [0.4, 0.5) is 10.1 Å². The number of benzene rings is 3. The fourth-order valence-electron chi connectivity index (χ4n) is 4.32. The molecule has 0 aromatic heterocycles. The molecular formula is C30H38FNO3. The molecule has 1 atom stereocenters. The lowest BCUT2D eigenvalue weighted by Gasteiger charge is -2.19. The van der Waals surface area contributed by atoms with Gasteiger partial charge in [0.2, 0.25) is 0 Å². The van der Waals surface area contributed by atoms with Gasteiger partial charge in [-0.15, -0.1) is 0 Å². The lowest BCUT2D eigenvalue weighted by Crippen LogP contribution is -2.06. The van der Waals surface area contributed by atoms with Crippen molar-refractivity contribution < 1.29 is 18.6 Å². The highest BCUT2D eigenvalue weighted by Crippen LogP contribution is 2.34. The molecule has 0 heterocycles. The van der Waals surface area contributed by atoms with Gasteiger partial charge in [0.25, 0.3) is 0 Å². The Morgan fingerprint density at radius 2 is 1.63 bits per heavy atom. The second-order valence-electron chi connectivity index (χ2n) is 8.97. The molecule has 0 saturated carbocycles. The zero-order valence-electron chi connectivity index (χ0n) is 21.4. The topological polar surface area (TPSA) is 53.7 Å². The van der Waals surface area contributed by atoms with Gasteiger partial charge in [-0.2, -0.15) is 0 Å². The van der Waals surface area contributed by atoms with E-state index in [1.165, 1.54) is 5.56 Å². The van der Waals surface area contributed by atoms with Gasteiger partial charge in [-0.05, 0) is 71.7 Å².